The number of esters is 1. The number of carbonyl (C=O) groups is 2. The van der Waals surface area contributed by atoms with Gasteiger partial charge in [0.2, 0.25) is 17.5 Å². The predicted molar refractivity (Wildman–Crippen MR) is 156 cm³/mol. The second-order valence-electron chi connectivity index (χ2n) is 9.77. The summed E-state index contributed by atoms with van der Waals surface area (Å²) in [6, 6.07) is 10.7. The maximum Gasteiger partial charge on any atom is 0.319 e. The van der Waals surface area contributed by atoms with E-state index in [0.29, 0.717) is 35.9 Å². The highest BCUT2D eigenvalue weighted by Crippen LogP contribution is 2.28. The molecular formula is C29H34ClFN6O6. The number of amides is 1. The van der Waals surface area contributed by atoms with Crippen LogP contribution >= 0.6 is 12.4 Å². The third-order valence-corrected chi connectivity index (χ3v) is 6.43. The van der Waals surface area contributed by atoms with Crippen molar-refractivity contribution >= 4 is 24.3 Å². The minimum atomic E-state index is -0.770. The number of aromatic nitrogens is 4. The van der Waals surface area contributed by atoms with E-state index in [0.717, 1.165) is 11.6 Å². The van der Waals surface area contributed by atoms with Crippen LogP contribution in [0.4, 0.5) is 4.39 Å². The van der Waals surface area contributed by atoms with E-state index in [4.69, 9.17) is 24.3 Å². The summed E-state index contributed by atoms with van der Waals surface area (Å²) in [7, 11) is 0. The maximum absolute atomic E-state index is 15.0. The van der Waals surface area contributed by atoms with Gasteiger partial charge < -0.3 is 29.6 Å². The summed E-state index contributed by atoms with van der Waals surface area (Å²) in [6.07, 6.45) is 0.628. The second kappa shape index (κ2) is 15.2. The van der Waals surface area contributed by atoms with E-state index in [2.05, 4.69) is 25.6 Å². The van der Waals surface area contributed by atoms with E-state index in [1.165, 1.54) is 12.1 Å². The highest BCUT2D eigenvalue weighted by molar-refractivity contribution is 5.95. The normalized spacial score (nSPS) is 12.3. The van der Waals surface area contributed by atoms with Crippen LogP contribution < -0.4 is 15.8 Å². The van der Waals surface area contributed by atoms with Crippen molar-refractivity contribution in [3.8, 4) is 28.5 Å². The van der Waals surface area contributed by atoms with Crippen molar-refractivity contribution in [2.24, 2.45) is 11.7 Å². The number of nitrogens with one attached hydrogen (secondary N) is 1. The van der Waals surface area contributed by atoms with Crippen molar-refractivity contribution in [3.05, 3.63) is 65.6 Å². The van der Waals surface area contributed by atoms with Gasteiger partial charge in [0.25, 0.3) is 11.8 Å². The lowest BCUT2D eigenvalue weighted by molar-refractivity contribution is -0.142. The van der Waals surface area contributed by atoms with Gasteiger partial charge in [0.15, 0.2) is 6.10 Å². The molecular weight excluding hydrogens is 583 g/mol. The van der Waals surface area contributed by atoms with Gasteiger partial charge in [-0.1, -0.05) is 44.1 Å². The molecule has 12 nitrogen and oxygen atoms in total. The molecule has 0 aliphatic carbocycles. The molecule has 0 radical (unpaired) electrons. The van der Waals surface area contributed by atoms with E-state index >= 15 is 4.39 Å². The monoisotopic (exact) mass is 616 g/mol. The zero-order valence-electron chi connectivity index (χ0n) is 24.2. The predicted octanol–water partition coefficient (Wildman–Crippen LogP) is 4.70. The number of nitrogens with two attached hydrogens (primary N) is 1. The highest BCUT2D eigenvalue weighted by atomic mass is 35.5. The summed E-state index contributed by atoms with van der Waals surface area (Å²) in [5.74, 6) is -0.0970. The zero-order valence-corrected chi connectivity index (χ0v) is 25.0. The van der Waals surface area contributed by atoms with Crippen LogP contribution in [0, 0.1) is 11.7 Å². The Hall–Kier alpha value is -4.36. The van der Waals surface area contributed by atoms with Gasteiger partial charge in [0, 0.05) is 17.5 Å². The molecule has 0 saturated carbocycles. The van der Waals surface area contributed by atoms with Crippen molar-refractivity contribution in [2.45, 2.75) is 52.7 Å². The molecule has 14 heteroatoms. The van der Waals surface area contributed by atoms with Crippen LogP contribution in [0.5, 0.6) is 5.75 Å². The molecule has 3 N–H and O–H groups in total. The molecule has 43 heavy (non-hydrogen) atoms. The first-order chi connectivity index (χ1) is 20.2. The lowest BCUT2D eigenvalue weighted by Crippen LogP contribution is -2.43. The average molecular weight is 617 g/mol. The lowest BCUT2D eigenvalue weighted by atomic mass is 10.0. The van der Waals surface area contributed by atoms with Crippen molar-refractivity contribution in [1.29, 1.82) is 0 Å². The molecule has 0 spiro atoms. The number of rotatable bonds is 13. The van der Waals surface area contributed by atoms with E-state index in [9.17, 15) is 9.59 Å². The van der Waals surface area contributed by atoms with Crippen LogP contribution in [0.1, 0.15) is 62.4 Å². The number of benzene rings is 2. The van der Waals surface area contributed by atoms with Crippen LogP contribution in [-0.4, -0.2) is 51.4 Å². The summed E-state index contributed by atoms with van der Waals surface area (Å²) >= 11 is 0. The Kier molecular flexibility index (Phi) is 11.7. The van der Waals surface area contributed by atoms with Gasteiger partial charge in [-0.05, 0) is 48.7 Å². The van der Waals surface area contributed by atoms with Crippen LogP contribution in [0.2, 0.25) is 0 Å². The molecule has 4 aromatic rings. The number of hydrogen-bond acceptors (Lipinski definition) is 11. The lowest BCUT2D eigenvalue weighted by Gasteiger charge is -2.22. The minimum Gasteiger partial charge on any atom is -0.481 e. The van der Waals surface area contributed by atoms with E-state index in [1.807, 2.05) is 39.8 Å². The molecule has 1 unspecified atom stereocenters. The Bertz CT molecular complexity index is 1510. The van der Waals surface area contributed by atoms with Crippen LogP contribution in [0.15, 0.2) is 51.5 Å². The Morgan fingerprint density at radius 2 is 1.67 bits per heavy atom. The number of ether oxygens (including phenoxy) is 2. The van der Waals surface area contributed by atoms with Gasteiger partial charge in [0.05, 0.1) is 18.2 Å². The molecule has 0 saturated heterocycles. The van der Waals surface area contributed by atoms with Gasteiger partial charge in [-0.3, -0.25) is 9.59 Å². The van der Waals surface area contributed by atoms with E-state index < -0.39 is 29.8 Å². The van der Waals surface area contributed by atoms with Gasteiger partial charge in [-0.2, -0.15) is 9.97 Å². The smallest absolute Gasteiger partial charge is 0.319 e. The van der Waals surface area contributed by atoms with Crippen LogP contribution in [-0.2, 0) is 16.0 Å². The highest BCUT2D eigenvalue weighted by Gasteiger charge is 2.23. The fourth-order valence-electron chi connectivity index (χ4n) is 3.88. The van der Waals surface area contributed by atoms with Gasteiger partial charge in [-0.15, -0.1) is 12.4 Å². The van der Waals surface area contributed by atoms with Crippen LogP contribution in [0.3, 0.4) is 0 Å². The molecule has 0 bridgehead atoms. The van der Waals surface area contributed by atoms with Gasteiger partial charge in [0.1, 0.15) is 18.2 Å². The van der Waals surface area contributed by atoms with E-state index in [1.54, 1.807) is 12.1 Å². The Labute approximate surface area is 253 Å². The molecule has 0 aliphatic heterocycles. The standard InChI is InChI=1S/C29H33FN6O6.ClH/c1-5-23(40-19-10-7-17(8-11-19)26-33-24(6-2)41-35-26)29-34-27(36-42-29)18-9-12-20(21(30)13-18)28(38)32-22(16(3)4)15-39-25(37)14-31;/h7-13,16,22-23H,5-6,14-15,31H2,1-4H3,(H,32,38);1H/t22-,23?;/m0./s1. The average Bonchev–Trinajstić information content (AvgIpc) is 3.68. The molecule has 230 valence electrons. The molecule has 2 aromatic carbocycles. The third-order valence-electron chi connectivity index (χ3n) is 6.43. The summed E-state index contributed by atoms with van der Waals surface area (Å²) < 4.78 is 36.7. The summed E-state index contributed by atoms with van der Waals surface area (Å²) in [6.45, 7) is 7.18. The number of aryl methyl sites for hydroxylation is 1. The topological polar surface area (TPSA) is 168 Å². The fourth-order valence-corrected chi connectivity index (χ4v) is 3.88. The quantitative estimate of drug-likeness (QED) is 0.200. The van der Waals surface area contributed by atoms with Crippen molar-refractivity contribution in [3.63, 3.8) is 0 Å². The van der Waals surface area contributed by atoms with Gasteiger partial charge >= 0.3 is 5.97 Å². The molecule has 1 amide bonds. The van der Waals surface area contributed by atoms with Crippen molar-refractivity contribution < 1.29 is 32.5 Å². The SMILES string of the molecule is CCc1nc(-c2ccc(OC(CC)c3nc(-c4ccc(C(=O)N[C@@H](COC(=O)CN)C(C)C)c(F)c4)no3)cc2)no1.Cl. The molecule has 2 heterocycles. The third kappa shape index (κ3) is 8.36. The van der Waals surface area contributed by atoms with Gasteiger partial charge in [-0.25, -0.2) is 4.39 Å². The number of nitrogens with zero attached hydrogens (tertiary/aromatic N) is 4. The van der Waals surface area contributed by atoms with Crippen molar-refractivity contribution in [2.75, 3.05) is 13.2 Å². The first kappa shape index (κ1) is 33.1. The maximum atomic E-state index is 15.0. The molecule has 4 rings (SSSR count). The first-order valence-electron chi connectivity index (χ1n) is 13.6. The second-order valence-corrected chi connectivity index (χ2v) is 9.77. The summed E-state index contributed by atoms with van der Waals surface area (Å²) in [4.78, 5) is 32.9. The van der Waals surface area contributed by atoms with E-state index in [-0.39, 0.29) is 48.8 Å². The van der Waals surface area contributed by atoms with Crippen molar-refractivity contribution in [1.82, 2.24) is 25.6 Å². The Morgan fingerprint density at radius 1 is 1.00 bits per heavy atom. The Morgan fingerprint density at radius 3 is 2.28 bits per heavy atom. The number of carbonyl (C=O) groups excluding carboxylic acids is 2. The molecule has 0 fully saturated rings. The Balaban J connectivity index is 0.00000506. The summed E-state index contributed by atoms with van der Waals surface area (Å²) in [5, 5.41) is 10.7. The number of hydrogen-bond donors (Lipinski definition) is 2. The van der Waals surface area contributed by atoms with Crippen LogP contribution in [0.25, 0.3) is 22.8 Å². The fraction of sp³-hybridized carbons (Fsp3) is 0.379. The zero-order chi connectivity index (χ0) is 30.2. The molecule has 2 aromatic heterocycles. The minimum absolute atomic E-state index is 0. The molecule has 0 aliphatic rings. The molecule has 2 atom stereocenters. The largest absolute Gasteiger partial charge is 0.481 e. The summed E-state index contributed by atoms with van der Waals surface area (Å²) in [5.41, 5.74) is 6.18. The number of halogens is 2. The first-order valence-corrected chi connectivity index (χ1v) is 13.6.